The van der Waals surface area contributed by atoms with Crippen LogP contribution >= 0.6 is 0 Å². The third-order valence-electron chi connectivity index (χ3n) is 7.53. The first-order valence-electron chi connectivity index (χ1n) is 11.6. The van der Waals surface area contributed by atoms with Crippen LogP contribution in [0.5, 0.6) is 5.75 Å². The van der Waals surface area contributed by atoms with Gasteiger partial charge in [0.1, 0.15) is 12.4 Å². The second-order valence-electron chi connectivity index (χ2n) is 9.34. The molecule has 35 heavy (non-hydrogen) atoms. The summed E-state index contributed by atoms with van der Waals surface area (Å²) in [6.07, 6.45) is -0.685. The number of fused-ring (bicyclic) bond motifs is 4. The Morgan fingerprint density at radius 3 is 2.54 bits per heavy atom. The number of carbonyl (C=O) groups excluding carboxylic acids is 3. The van der Waals surface area contributed by atoms with Gasteiger partial charge in [-0.1, -0.05) is 43.3 Å². The van der Waals surface area contributed by atoms with Crippen LogP contribution < -0.4 is 9.84 Å². The molecule has 3 aliphatic rings. The molecule has 0 aromatic heterocycles. The van der Waals surface area contributed by atoms with Gasteiger partial charge in [-0.25, -0.2) is 0 Å². The predicted octanol–water partition coefficient (Wildman–Crippen LogP) is 1.60. The van der Waals surface area contributed by atoms with Crippen molar-refractivity contribution in [1.82, 2.24) is 4.90 Å². The van der Waals surface area contributed by atoms with Gasteiger partial charge in [-0.15, -0.1) is 0 Å². The molecule has 2 aromatic rings. The molecule has 1 N–H and O–H groups in total. The van der Waals surface area contributed by atoms with Gasteiger partial charge in [0.05, 0.1) is 43.3 Å². The Kier molecular flexibility index (Phi) is 5.63. The van der Waals surface area contributed by atoms with Crippen LogP contribution in [0, 0.1) is 11.8 Å². The van der Waals surface area contributed by atoms with Gasteiger partial charge >= 0.3 is 5.97 Å². The first kappa shape index (κ1) is 23.1. The van der Waals surface area contributed by atoms with Crippen LogP contribution in [0.4, 0.5) is 0 Å². The number of rotatable bonds is 7. The van der Waals surface area contributed by atoms with Crippen LogP contribution in [0.3, 0.4) is 0 Å². The number of hydrogen-bond donors (Lipinski definition) is 1. The molecule has 0 spiro atoms. The lowest BCUT2D eigenvalue weighted by Gasteiger charge is -2.47. The van der Waals surface area contributed by atoms with Gasteiger partial charge in [-0.05, 0) is 35.3 Å². The van der Waals surface area contributed by atoms with Gasteiger partial charge in [0.2, 0.25) is 5.91 Å². The molecule has 1 saturated heterocycles. The zero-order valence-electron chi connectivity index (χ0n) is 19.7. The van der Waals surface area contributed by atoms with E-state index in [4.69, 9.17) is 9.47 Å². The fourth-order valence-electron chi connectivity index (χ4n) is 5.89. The molecule has 4 unspecified atom stereocenters. The summed E-state index contributed by atoms with van der Waals surface area (Å²) in [5, 5.41) is 22.0. The summed E-state index contributed by atoms with van der Waals surface area (Å²) in [5.41, 5.74) is 4.05. The number of aliphatic hydroxyl groups excluding tert-OH is 1. The largest absolute Gasteiger partial charge is 0.543 e. The normalized spacial score (nSPS) is 24.9. The van der Waals surface area contributed by atoms with Crippen LogP contribution in [0.1, 0.15) is 37.3 Å². The molecule has 5 atom stereocenters. The van der Waals surface area contributed by atoms with Crippen molar-refractivity contribution >= 4 is 17.8 Å². The van der Waals surface area contributed by atoms with Crippen molar-refractivity contribution in [1.29, 1.82) is 0 Å². The first-order chi connectivity index (χ1) is 16.8. The van der Waals surface area contributed by atoms with Gasteiger partial charge in [0, 0.05) is 17.4 Å². The number of β-lactam (4-membered cyclic amide) rings is 1. The zero-order valence-corrected chi connectivity index (χ0v) is 19.7. The molecule has 182 valence electrons. The van der Waals surface area contributed by atoms with Crippen molar-refractivity contribution in [2.45, 2.75) is 38.3 Å². The number of esters is 1. The van der Waals surface area contributed by atoms with Gasteiger partial charge in [-0.3, -0.25) is 9.59 Å². The summed E-state index contributed by atoms with van der Waals surface area (Å²) in [7, 11) is 1.37. The molecule has 1 fully saturated rings. The molecule has 0 bridgehead atoms. The van der Waals surface area contributed by atoms with Crippen LogP contribution in [0.25, 0.3) is 11.1 Å². The Labute approximate surface area is 202 Å². The highest BCUT2D eigenvalue weighted by atomic mass is 16.5. The minimum absolute atomic E-state index is 0.0441. The van der Waals surface area contributed by atoms with Gasteiger partial charge < -0.3 is 29.4 Å². The summed E-state index contributed by atoms with van der Waals surface area (Å²) in [5.74, 6) is -2.72. The fraction of sp³-hybridized carbons (Fsp3) is 0.370. The van der Waals surface area contributed by atoms with Crippen molar-refractivity contribution in [2.24, 2.45) is 11.8 Å². The highest BCUT2D eigenvalue weighted by molar-refractivity contribution is 5.99. The molecule has 2 aliphatic heterocycles. The SMILES string of the molecule is COC(=O)CC1c2ccccc2-c2c(OCC3=C(C(=O)[O-])N4C(=O)C(C(C)O)C4[C@H]3C)cccc21. The second kappa shape index (κ2) is 8.53. The van der Waals surface area contributed by atoms with Crippen LogP contribution in [0.2, 0.25) is 0 Å². The molecule has 8 nitrogen and oxygen atoms in total. The molecule has 5 rings (SSSR count). The van der Waals surface area contributed by atoms with E-state index in [0.717, 1.165) is 22.3 Å². The summed E-state index contributed by atoms with van der Waals surface area (Å²) >= 11 is 0. The van der Waals surface area contributed by atoms with E-state index >= 15 is 0 Å². The van der Waals surface area contributed by atoms with E-state index in [2.05, 4.69) is 0 Å². The smallest absolute Gasteiger partial charge is 0.306 e. The van der Waals surface area contributed by atoms with Crippen LogP contribution in [0.15, 0.2) is 53.7 Å². The molecular weight excluding hydrogens is 450 g/mol. The standard InChI is InChI=1S/C27H27NO7/c1-13-19(25(27(32)33)28-24(13)22(14(2)29)26(28)31)12-35-20-10-6-9-17-18(11-21(30)34-3)15-7-4-5-8-16(15)23(17)20/h4-10,13-14,18,22,24,29H,11-12H2,1-3H3,(H,32,33)/p-1/t13-,14?,18?,22?,24?/m0/s1. The van der Waals surface area contributed by atoms with Crippen molar-refractivity contribution in [2.75, 3.05) is 13.7 Å². The topological polar surface area (TPSA) is 116 Å². The summed E-state index contributed by atoms with van der Waals surface area (Å²) in [6, 6.07) is 13.0. The molecular formula is C27H26NO7-. The van der Waals surface area contributed by atoms with Gasteiger partial charge in [-0.2, -0.15) is 0 Å². The van der Waals surface area contributed by atoms with E-state index in [0.29, 0.717) is 11.3 Å². The number of benzene rings is 2. The average molecular weight is 477 g/mol. The molecule has 0 radical (unpaired) electrons. The minimum atomic E-state index is -1.43. The molecule has 8 heteroatoms. The lowest BCUT2D eigenvalue weighted by Crippen LogP contribution is -2.64. The highest BCUT2D eigenvalue weighted by Gasteiger charge is 2.58. The van der Waals surface area contributed by atoms with Crippen molar-refractivity contribution < 1.29 is 34.1 Å². The fourth-order valence-corrected chi connectivity index (χ4v) is 5.89. The van der Waals surface area contributed by atoms with E-state index in [1.807, 2.05) is 49.4 Å². The highest BCUT2D eigenvalue weighted by Crippen LogP contribution is 2.51. The Hall–Kier alpha value is -3.65. The lowest BCUT2D eigenvalue weighted by atomic mass is 9.78. The number of carboxylic acids is 1. The molecule has 1 amide bonds. The number of aliphatic hydroxyl groups is 1. The number of hydrogen-bond acceptors (Lipinski definition) is 7. The number of methoxy groups -OCH3 is 1. The maximum absolute atomic E-state index is 12.6. The van der Waals surface area contributed by atoms with E-state index in [1.165, 1.54) is 18.9 Å². The van der Waals surface area contributed by atoms with Crippen LogP contribution in [-0.2, 0) is 19.1 Å². The number of carboxylic acid groups (broad SMARTS) is 1. The van der Waals surface area contributed by atoms with Gasteiger partial charge in [0.15, 0.2) is 0 Å². The minimum Gasteiger partial charge on any atom is -0.543 e. The molecule has 0 saturated carbocycles. The molecule has 1 aliphatic carbocycles. The van der Waals surface area contributed by atoms with E-state index in [9.17, 15) is 24.6 Å². The number of aliphatic carboxylic acids is 1. The second-order valence-corrected chi connectivity index (χ2v) is 9.34. The van der Waals surface area contributed by atoms with Crippen LogP contribution in [-0.4, -0.2) is 53.7 Å². The van der Waals surface area contributed by atoms with Crippen molar-refractivity contribution in [3.05, 3.63) is 64.9 Å². The Bertz CT molecular complexity index is 1260. The van der Waals surface area contributed by atoms with Crippen molar-refractivity contribution in [3.8, 4) is 16.9 Å². The summed E-state index contributed by atoms with van der Waals surface area (Å²) in [6.45, 7) is 3.33. The van der Waals surface area contributed by atoms with E-state index < -0.39 is 29.9 Å². The van der Waals surface area contributed by atoms with E-state index in [1.54, 1.807) is 0 Å². The quantitative estimate of drug-likeness (QED) is 0.477. The maximum Gasteiger partial charge on any atom is 0.306 e. The Morgan fingerprint density at radius 1 is 1.14 bits per heavy atom. The number of ether oxygens (including phenoxy) is 2. The third kappa shape index (κ3) is 3.43. The number of amides is 1. The average Bonchev–Trinajstić information content (AvgIpc) is 3.27. The number of nitrogens with zero attached hydrogens (tertiary/aromatic N) is 1. The third-order valence-corrected chi connectivity index (χ3v) is 7.53. The first-order valence-corrected chi connectivity index (χ1v) is 11.6. The molecule has 2 aromatic carbocycles. The predicted molar refractivity (Wildman–Crippen MR) is 123 cm³/mol. The lowest BCUT2D eigenvalue weighted by molar-refractivity contribution is -0.301. The number of carbonyl (C=O) groups is 3. The Balaban J connectivity index is 1.48. The maximum atomic E-state index is 12.6. The zero-order chi connectivity index (χ0) is 25.0. The Morgan fingerprint density at radius 2 is 1.86 bits per heavy atom. The van der Waals surface area contributed by atoms with Crippen molar-refractivity contribution in [3.63, 3.8) is 0 Å². The molecule has 2 heterocycles. The van der Waals surface area contributed by atoms with Gasteiger partial charge in [0.25, 0.3) is 0 Å². The monoisotopic (exact) mass is 476 g/mol. The summed E-state index contributed by atoms with van der Waals surface area (Å²) < 4.78 is 11.1. The summed E-state index contributed by atoms with van der Waals surface area (Å²) in [4.78, 5) is 37.9. The van der Waals surface area contributed by atoms with E-state index in [-0.39, 0.29) is 36.5 Å².